The molecule has 0 radical (unpaired) electrons. The van der Waals surface area contributed by atoms with Gasteiger partial charge in [-0.1, -0.05) is 30.0 Å². The zero-order valence-electron chi connectivity index (χ0n) is 13.8. The number of amides is 1. The minimum Gasteiger partial charge on any atom is -0.325 e. The summed E-state index contributed by atoms with van der Waals surface area (Å²) in [5, 5.41) is 5.74. The number of anilines is 1. The molecule has 0 spiro atoms. The predicted molar refractivity (Wildman–Crippen MR) is 94.3 cm³/mol. The second-order valence-electron chi connectivity index (χ2n) is 5.52. The quantitative estimate of drug-likeness (QED) is 0.689. The van der Waals surface area contributed by atoms with Crippen LogP contribution in [0, 0.1) is 5.82 Å². The first kappa shape index (κ1) is 19.3. The smallest absolute Gasteiger partial charge is 0.288 e. The minimum absolute atomic E-state index is 0.294. The van der Waals surface area contributed by atoms with Crippen LogP contribution in [0.3, 0.4) is 0 Å². The van der Waals surface area contributed by atoms with E-state index in [-0.39, 0.29) is 17.8 Å². The highest BCUT2D eigenvalue weighted by Crippen LogP contribution is 2.26. The molecule has 2 aromatic rings. The van der Waals surface area contributed by atoms with Crippen molar-refractivity contribution in [3.05, 3.63) is 59.9 Å². The lowest BCUT2D eigenvalue weighted by atomic mass is 10.1. The molecule has 134 valence electrons. The topological polar surface area (TPSA) is 41.1 Å². The fraction of sp³-hybridized carbons (Fsp3) is 0.278. The Morgan fingerprint density at radius 2 is 1.68 bits per heavy atom. The third-order valence-corrected chi connectivity index (χ3v) is 4.33. The molecule has 0 aliphatic rings. The lowest BCUT2D eigenvalue weighted by Crippen LogP contribution is -2.39. The van der Waals surface area contributed by atoms with E-state index in [9.17, 15) is 18.0 Å². The average molecular weight is 368 g/mol. The molecule has 0 saturated carbocycles. The molecule has 3 nitrogen and oxygen atoms in total. The fourth-order valence-corrected chi connectivity index (χ4v) is 2.84. The number of benzene rings is 2. The number of carbonyl (C=O) groups is 1. The van der Waals surface area contributed by atoms with Crippen molar-refractivity contribution in [2.45, 2.75) is 36.6 Å². The standard InChI is InChI=1S/C18H19F3N2OS/c1-11(15-5-3-4-6-16(15)19)22-12(2)17(24)23-13-7-9-14(10-8-13)25-18(20)21/h3-12,18,22H,1-2H3,(H,23,24). The van der Waals surface area contributed by atoms with Crippen LogP contribution in [0.5, 0.6) is 0 Å². The summed E-state index contributed by atoms with van der Waals surface area (Å²) in [6, 6.07) is 11.6. The van der Waals surface area contributed by atoms with Crippen molar-refractivity contribution in [1.82, 2.24) is 5.32 Å². The molecule has 0 saturated heterocycles. The van der Waals surface area contributed by atoms with Crippen molar-refractivity contribution in [1.29, 1.82) is 0 Å². The van der Waals surface area contributed by atoms with Gasteiger partial charge in [-0.25, -0.2) is 4.39 Å². The molecule has 1 amide bonds. The second-order valence-corrected chi connectivity index (χ2v) is 6.59. The molecule has 2 aromatic carbocycles. The van der Waals surface area contributed by atoms with E-state index in [2.05, 4.69) is 10.6 Å². The lowest BCUT2D eigenvalue weighted by molar-refractivity contribution is -0.117. The summed E-state index contributed by atoms with van der Waals surface area (Å²) < 4.78 is 38.3. The number of alkyl halides is 2. The Kier molecular flexibility index (Phi) is 6.90. The van der Waals surface area contributed by atoms with Gasteiger partial charge >= 0.3 is 0 Å². The van der Waals surface area contributed by atoms with Gasteiger partial charge in [0.15, 0.2) is 0 Å². The molecular formula is C18H19F3N2OS. The molecule has 7 heteroatoms. The Labute approximate surface area is 149 Å². The maximum atomic E-state index is 13.8. The van der Waals surface area contributed by atoms with Crippen molar-refractivity contribution in [3.63, 3.8) is 0 Å². The number of nitrogens with one attached hydrogen (secondary N) is 2. The van der Waals surface area contributed by atoms with E-state index in [1.54, 1.807) is 44.2 Å². The van der Waals surface area contributed by atoms with Gasteiger partial charge in [-0.3, -0.25) is 10.1 Å². The van der Waals surface area contributed by atoms with Crippen molar-refractivity contribution in [2.75, 3.05) is 5.32 Å². The van der Waals surface area contributed by atoms with E-state index < -0.39 is 11.8 Å². The monoisotopic (exact) mass is 368 g/mol. The first-order valence-electron chi connectivity index (χ1n) is 7.73. The van der Waals surface area contributed by atoms with Crippen LogP contribution >= 0.6 is 11.8 Å². The van der Waals surface area contributed by atoms with Gasteiger partial charge in [0.25, 0.3) is 5.76 Å². The molecule has 0 bridgehead atoms. The molecule has 2 unspecified atom stereocenters. The highest BCUT2D eigenvalue weighted by Gasteiger charge is 2.18. The maximum absolute atomic E-state index is 13.8. The number of rotatable bonds is 7. The van der Waals surface area contributed by atoms with Crippen LogP contribution < -0.4 is 10.6 Å². The summed E-state index contributed by atoms with van der Waals surface area (Å²) >= 11 is 0.446. The summed E-state index contributed by atoms with van der Waals surface area (Å²) in [6.07, 6.45) is 0. The molecule has 2 atom stereocenters. The molecule has 0 aliphatic carbocycles. The van der Waals surface area contributed by atoms with Crippen LogP contribution in [-0.4, -0.2) is 17.7 Å². The highest BCUT2D eigenvalue weighted by atomic mass is 32.2. The van der Waals surface area contributed by atoms with Gasteiger partial charge in [0.1, 0.15) is 5.82 Å². The molecule has 0 aromatic heterocycles. The summed E-state index contributed by atoms with van der Waals surface area (Å²) in [5.74, 6) is -3.11. The molecule has 0 heterocycles. The van der Waals surface area contributed by atoms with Crippen LogP contribution in [0.15, 0.2) is 53.4 Å². The zero-order valence-corrected chi connectivity index (χ0v) is 14.6. The van der Waals surface area contributed by atoms with Crippen LogP contribution in [0.4, 0.5) is 18.9 Å². The van der Waals surface area contributed by atoms with Gasteiger partial charge in [0.05, 0.1) is 6.04 Å². The zero-order chi connectivity index (χ0) is 18.4. The van der Waals surface area contributed by atoms with E-state index in [0.29, 0.717) is 27.9 Å². The Balaban J connectivity index is 1.92. The van der Waals surface area contributed by atoms with Gasteiger partial charge in [-0.05, 0) is 44.2 Å². The van der Waals surface area contributed by atoms with Gasteiger partial charge in [-0.2, -0.15) is 8.78 Å². The van der Waals surface area contributed by atoms with Crippen molar-refractivity contribution >= 4 is 23.4 Å². The fourth-order valence-electron chi connectivity index (χ4n) is 2.34. The lowest BCUT2D eigenvalue weighted by Gasteiger charge is -2.20. The van der Waals surface area contributed by atoms with E-state index in [0.717, 1.165) is 0 Å². The first-order chi connectivity index (χ1) is 11.9. The number of carbonyl (C=O) groups excluding carboxylic acids is 1. The molecule has 2 N–H and O–H groups in total. The van der Waals surface area contributed by atoms with E-state index in [4.69, 9.17) is 0 Å². The van der Waals surface area contributed by atoms with Crippen molar-refractivity contribution in [3.8, 4) is 0 Å². The van der Waals surface area contributed by atoms with Gasteiger partial charge < -0.3 is 5.32 Å². The largest absolute Gasteiger partial charge is 0.325 e. The number of hydrogen-bond acceptors (Lipinski definition) is 3. The second kappa shape index (κ2) is 8.92. The van der Waals surface area contributed by atoms with Crippen molar-refractivity contribution in [2.24, 2.45) is 0 Å². The van der Waals surface area contributed by atoms with E-state index in [1.807, 2.05) is 0 Å². The number of hydrogen-bond donors (Lipinski definition) is 2. The average Bonchev–Trinajstić information content (AvgIpc) is 2.56. The van der Waals surface area contributed by atoms with Crippen molar-refractivity contribution < 1.29 is 18.0 Å². The molecule has 0 aliphatic heterocycles. The summed E-state index contributed by atoms with van der Waals surface area (Å²) in [6.45, 7) is 3.45. The normalized spacial score (nSPS) is 13.5. The van der Waals surface area contributed by atoms with Crippen LogP contribution in [-0.2, 0) is 4.79 Å². The maximum Gasteiger partial charge on any atom is 0.288 e. The third kappa shape index (κ3) is 5.79. The summed E-state index contributed by atoms with van der Waals surface area (Å²) in [7, 11) is 0. The Hall–Kier alpha value is -1.99. The minimum atomic E-state index is -2.48. The predicted octanol–water partition coefficient (Wildman–Crippen LogP) is 4.82. The van der Waals surface area contributed by atoms with Gasteiger partial charge in [0, 0.05) is 22.2 Å². The number of halogens is 3. The van der Waals surface area contributed by atoms with Crippen LogP contribution in [0.25, 0.3) is 0 Å². The van der Waals surface area contributed by atoms with Crippen LogP contribution in [0.1, 0.15) is 25.5 Å². The van der Waals surface area contributed by atoms with Crippen LogP contribution in [0.2, 0.25) is 0 Å². The summed E-state index contributed by atoms with van der Waals surface area (Å²) in [5.41, 5.74) is 0.992. The SMILES string of the molecule is CC(NC(C)c1ccccc1F)C(=O)Nc1ccc(SC(F)F)cc1. The Morgan fingerprint density at radius 3 is 2.28 bits per heavy atom. The first-order valence-corrected chi connectivity index (χ1v) is 8.61. The highest BCUT2D eigenvalue weighted by molar-refractivity contribution is 7.99. The van der Waals surface area contributed by atoms with Gasteiger partial charge in [-0.15, -0.1) is 0 Å². The molecule has 2 rings (SSSR count). The molecule has 0 fully saturated rings. The number of thioether (sulfide) groups is 1. The Bertz CT molecular complexity index is 710. The molecule has 25 heavy (non-hydrogen) atoms. The van der Waals surface area contributed by atoms with E-state index in [1.165, 1.54) is 18.2 Å². The summed E-state index contributed by atoms with van der Waals surface area (Å²) in [4.78, 5) is 12.7. The molecular weight excluding hydrogens is 349 g/mol. The Morgan fingerprint density at radius 1 is 1.04 bits per heavy atom. The van der Waals surface area contributed by atoms with E-state index >= 15 is 0 Å². The van der Waals surface area contributed by atoms with Gasteiger partial charge in [0.2, 0.25) is 5.91 Å². The third-order valence-electron chi connectivity index (χ3n) is 3.61.